The Morgan fingerprint density at radius 2 is 1.94 bits per heavy atom. The van der Waals surface area contributed by atoms with Crippen molar-refractivity contribution in [2.45, 2.75) is 51.6 Å². The van der Waals surface area contributed by atoms with Crippen molar-refractivity contribution in [2.24, 2.45) is 5.92 Å². The second-order valence-electron chi connectivity index (χ2n) is 8.99. The molecule has 180 valence electrons. The summed E-state index contributed by atoms with van der Waals surface area (Å²) >= 11 is 1.50. The molecule has 0 saturated carbocycles. The molecule has 0 aromatic carbocycles. The second-order valence-corrected chi connectivity index (χ2v) is 9.88. The van der Waals surface area contributed by atoms with Crippen molar-refractivity contribution in [3.05, 3.63) is 45.7 Å². The first-order valence-electron chi connectivity index (χ1n) is 11.0. The Labute approximate surface area is 195 Å². The van der Waals surface area contributed by atoms with Gasteiger partial charge < -0.3 is 9.80 Å². The van der Waals surface area contributed by atoms with Gasteiger partial charge in [0.1, 0.15) is 17.9 Å². The summed E-state index contributed by atoms with van der Waals surface area (Å²) < 4.78 is 37.8. The van der Waals surface area contributed by atoms with Crippen LogP contribution in [0.2, 0.25) is 0 Å². The van der Waals surface area contributed by atoms with Crippen molar-refractivity contribution in [1.82, 2.24) is 19.8 Å². The van der Waals surface area contributed by atoms with Crippen molar-refractivity contribution >= 4 is 23.2 Å². The number of pyridine rings is 1. The lowest BCUT2D eigenvalue weighted by atomic mass is 9.92. The third-order valence-electron chi connectivity index (χ3n) is 5.75. The molecule has 0 N–H and O–H groups in total. The van der Waals surface area contributed by atoms with Gasteiger partial charge in [0.05, 0.1) is 5.01 Å². The Kier molecular flexibility index (Phi) is 7.76. The van der Waals surface area contributed by atoms with Gasteiger partial charge in [-0.25, -0.2) is 9.97 Å². The van der Waals surface area contributed by atoms with Crippen LogP contribution in [0.15, 0.2) is 23.6 Å². The molecule has 33 heavy (non-hydrogen) atoms. The number of alkyl halides is 3. The van der Waals surface area contributed by atoms with Gasteiger partial charge in [-0.15, -0.1) is 11.3 Å². The van der Waals surface area contributed by atoms with Gasteiger partial charge in [0, 0.05) is 37.1 Å². The normalized spacial score (nSPS) is 17.5. The van der Waals surface area contributed by atoms with Crippen LogP contribution in [-0.2, 0) is 0 Å². The van der Waals surface area contributed by atoms with Crippen molar-refractivity contribution < 1.29 is 22.8 Å². The van der Waals surface area contributed by atoms with Gasteiger partial charge in [-0.2, -0.15) is 13.2 Å². The third kappa shape index (κ3) is 6.52. The van der Waals surface area contributed by atoms with Gasteiger partial charge in [0.25, 0.3) is 11.8 Å². The highest BCUT2D eigenvalue weighted by molar-refractivity contribution is 7.09. The Morgan fingerprint density at radius 1 is 1.21 bits per heavy atom. The average molecular weight is 483 g/mol. The van der Waals surface area contributed by atoms with Crippen molar-refractivity contribution in [3.8, 4) is 0 Å². The van der Waals surface area contributed by atoms with Crippen LogP contribution in [0.1, 0.15) is 77.1 Å². The van der Waals surface area contributed by atoms with Gasteiger partial charge >= 0.3 is 6.18 Å². The van der Waals surface area contributed by atoms with Crippen molar-refractivity contribution in [3.63, 3.8) is 0 Å². The van der Waals surface area contributed by atoms with E-state index in [0.717, 1.165) is 24.9 Å². The Morgan fingerprint density at radius 3 is 2.58 bits per heavy atom. The quantitative estimate of drug-likeness (QED) is 0.560. The highest BCUT2D eigenvalue weighted by Gasteiger charge is 2.32. The molecule has 6 nitrogen and oxygen atoms in total. The van der Waals surface area contributed by atoms with Crippen LogP contribution in [0.5, 0.6) is 0 Å². The highest BCUT2D eigenvalue weighted by atomic mass is 32.1. The summed E-state index contributed by atoms with van der Waals surface area (Å²) in [5.74, 6) is -0.249. The number of aromatic nitrogens is 2. The predicted octanol–water partition coefficient (Wildman–Crippen LogP) is 4.95. The zero-order valence-electron chi connectivity index (χ0n) is 19.2. The van der Waals surface area contributed by atoms with Crippen LogP contribution in [-0.4, -0.2) is 64.4 Å². The molecule has 1 aliphatic heterocycles. The lowest BCUT2D eigenvalue weighted by Crippen LogP contribution is -2.36. The molecular weight excluding hydrogens is 453 g/mol. The maximum absolute atomic E-state index is 12.8. The molecule has 0 spiro atoms. The van der Waals surface area contributed by atoms with Gasteiger partial charge in [-0.05, 0) is 36.8 Å². The fourth-order valence-corrected chi connectivity index (χ4v) is 4.83. The monoisotopic (exact) mass is 482 g/mol. The first kappa shape index (κ1) is 25.1. The minimum atomic E-state index is -4.46. The number of halogens is 3. The second kappa shape index (κ2) is 10.2. The molecular formula is C23H29F3N4O2S. The molecule has 0 bridgehead atoms. The van der Waals surface area contributed by atoms with Crippen molar-refractivity contribution in [1.29, 1.82) is 0 Å². The minimum absolute atomic E-state index is 0.00110. The number of hydrogen-bond acceptors (Lipinski definition) is 5. The van der Waals surface area contributed by atoms with E-state index in [1.165, 1.54) is 17.4 Å². The summed E-state index contributed by atoms with van der Waals surface area (Å²) in [6.45, 7) is 6.05. The first-order valence-corrected chi connectivity index (χ1v) is 11.9. The number of amides is 2. The van der Waals surface area contributed by atoms with Gasteiger partial charge in [-0.3, -0.25) is 9.59 Å². The van der Waals surface area contributed by atoms with Crippen LogP contribution >= 0.6 is 11.3 Å². The standard InChI is InChI=1S/C23H29F3N4O2S/c1-14(2)20-28-19(12-33-20)22(32)30-9-8-16(11-30)10-15(3)17-6-5-7-18(27-17)21(31)29(4)13-23(24,25)26/h5-7,12,14-16H,8-11,13H2,1-4H3. The number of thiazole rings is 1. The maximum Gasteiger partial charge on any atom is 0.406 e. The Hall–Kier alpha value is -2.49. The number of nitrogens with zero attached hydrogens (tertiary/aromatic N) is 4. The van der Waals surface area contributed by atoms with Crippen LogP contribution < -0.4 is 0 Å². The summed E-state index contributed by atoms with van der Waals surface area (Å²) in [6, 6.07) is 4.86. The number of carbonyl (C=O) groups excluding carboxylic acids is 2. The third-order valence-corrected chi connectivity index (χ3v) is 6.90. The lowest BCUT2D eigenvalue weighted by Gasteiger charge is -2.20. The van der Waals surface area contributed by atoms with Crippen LogP contribution in [0, 0.1) is 5.92 Å². The summed E-state index contributed by atoms with van der Waals surface area (Å²) in [5.41, 5.74) is 1.15. The zero-order valence-corrected chi connectivity index (χ0v) is 20.0. The van der Waals surface area contributed by atoms with Gasteiger partial charge in [0.2, 0.25) is 0 Å². The lowest BCUT2D eigenvalue weighted by molar-refractivity contribution is -0.138. The van der Waals surface area contributed by atoms with E-state index in [9.17, 15) is 22.8 Å². The van der Waals surface area contributed by atoms with Crippen molar-refractivity contribution in [2.75, 3.05) is 26.7 Å². The molecule has 2 unspecified atom stereocenters. The van der Waals surface area contributed by atoms with Gasteiger partial charge in [-0.1, -0.05) is 26.8 Å². The maximum atomic E-state index is 12.8. The molecule has 10 heteroatoms. The largest absolute Gasteiger partial charge is 0.406 e. The fraction of sp³-hybridized carbons (Fsp3) is 0.565. The molecule has 3 rings (SSSR count). The van der Waals surface area contributed by atoms with E-state index in [-0.39, 0.29) is 29.4 Å². The molecule has 0 aliphatic carbocycles. The number of likely N-dealkylation sites (tertiary alicyclic amines) is 1. The molecule has 3 heterocycles. The molecule has 2 amide bonds. The molecule has 0 radical (unpaired) electrons. The van der Waals surface area contributed by atoms with Gasteiger partial charge in [0.15, 0.2) is 0 Å². The first-order chi connectivity index (χ1) is 15.4. The average Bonchev–Trinajstić information content (AvgIpc) is 3.41. The summed E-state index contributed by atoms with van der Waals surface area (Å²) in [7, 11) is 1.12. The van der Waals surface area contributed by atoms with Crippen LogP contribution in [0.25, 0.3) is 0 Å². The van der Waals surface area contributed by atoms with Crippen LogP contribution in [0.4, 0.5) is 13.2 Å². The molecule has 2 atom stereocenters. The summed E-state index contributed by atoms with van der Waals surface area (Å²) in [6.07, 6.45) is -2.83. The summed E-state index contributed by atoms with van der Waals surface area (Å²) in [4.78, 5) is 36.4. The van der Waals surface area contributed by atoms with E-state index in [1.807, 2.05) is 31.1 Å². The molecule has 2 aromatic rings. The molecule has 1 aliphatic rings. The van der Waals surface area contributed by atoms with E-state index in [2.05, 4.69) is 9.97 Å². The van der Waals surface area contributed by atoms with E-state index in [0.29, 0.717) is 29.4 Å². The van der Waals surface area contributed by atoms with Crippen LogP contribution in [0.3, 0.4) is 0 Å². The van der Waals surface area contributed by atoms with E-state index >= 15 is 0 Å². The molecule has 2 aromatic heterocycles. The Balaban J connectivity index is 1.59. The summed E-state index contributed by atoms with van der Waals surface area (Å²) in [5, 5.41) is 2.76. The number of carbonyl (C=O) groups is 2. The predicted molar refractivity (Wildman–Crippen MR) is 120 cm³/mol. The Bertz CT molecular complexity index is 992. The fourth-order valence-electron chi connectivity index (χ4n) is 4.02. The number of rotatable bonds is 7. The van der Waals surface area contributed by atoms with E-state index in [1.54, 1.807) is 12.1 Å². The molecule has 1 saturated heterocycles. The number of hydrogen-bond donors (Lipinski definition) is 0. The zero-order chi connectivity index (χ0) is 24.3. The van der Waals surface area contributed by atoms with E-state index < -0.39 is 18.6 Å². The SMILES string of the molecule is CC(C)c1nc(C(=O)N2CCC(CC(C)c3cccc(C(=O)N(C)CC(F)(F)F)n3)C2)cs1. The minimum Gasteiger partial charge on any atom is -0.337 e. The topological polar surface area (TPSA) is 66.4 Å². The molecule has 1 fully saturated rings. The van der Waals surface area contributed by atoms with E-state index in [4.69, 9.17) is 0 Å². The smallest absolute Gasteiger partial charge is 0.337 e. The highest BCUT2D eigenvalue weighted by Crippen LogP contribution is 2.30.